The summed E-state index contributed by atoms with van der Waals surface area (Å²) in [5, 5.41) is 16.4. The summed E-state index contributed by atoms with van der Waals surface area (Å²) >= 11 is 1.21. The Morgan fingerprint density at radius 2 is 2.19 bits per heavy atom. The highest BCUT2D eigenvalue weighted by Crippen LogP contribution is 2.32. The van der Waals surface area contributed by atoms with Gasteiger partial charge in [-0.25, -0.2) is 0 Å². The zero-order valence-electron chi connectivity index (χ0n) is 12.8. The van der Waals surface area contributed by atoms with Crippen LogP contribution in [0.2, 0.25) is 0 Å². The molecule has 5 heteroatoms. The third-order valence-electron chi connectivity index (χ3n) is 3.98. The Morgan fingerprint density at radius 3 is 2.76 bits per heavy atom. The molecule has 1 heterocycles. The van der Waals surface area contributed by atoms with Gasteiger partial charge in [0.15, 0.2) is 0 Å². The minimum atomic E-state index is -0.311. The van der Waals surface area contributed by atoms with E-state index in [-0.39, 0.29) is 9.92 Å². The quantitative estimate of drug-likeness (QED) is 0.616. The predicted octanol–water partition coefficient (Wildman–Crippen LogP) is 4.62. The Labute approximate surface area is 130 Å². The average Bonchev–Trinajstić information content (AvgIpc) is 2.93. The third-order valence-corrected chi connectivity index (χ3v) is 4.88. The summed E-state index contributed by atoms with van der Waals surface area (Å²) in [5.41, 5.74) is 2.37. The van der Waals surface area contributed by atoms with Gasteiger partial charge in [0.1, 0.15) is 0 Å². The molecule has 0 saturated heterocycles. The molecule has 2 rings (SSSR count). The molecule has 21 heavy (non-hydrogen) atoms. The molecule has 0 aliphatic heterocycles. The van der Waals surface area contributed by atoms with Gasteiger partial charge < -0.3 is 5.32 Å². The normalized spacial score (nSPS) is 17.4. The number of rotatable bonds is 6. The maximum absolute atomic E-state index is 10.8. The van der Waals surface area contributed by atoms with E-state index in [1.807, 2.05) is 5.38 Å². The van der Waals surface area contributed by atoms with Crippen molar-refractivity contribution >= 4 is 22.4 Å². The highest BCUT2D eigenvalue weighted by atomic mass is 32.1. The predicted molar refractivity (Wildman–Crippen MR) is 88.7 cm³/mol. The largest absolute Gasteiger partial charge is 0.324 e. The van der Waals surface area contributed by atoms with Crippen molar-refractivity contribution in [2.45, 2.75) is 52.0 Å². The van der Waals surface area contributed by atoms with Crippen LogP contribution in [-0.4, -0.2) is 17.5 Å². The fraction of sp³-hybridized carbons (Fsp3) is 0.625. The molecular formula is C16H24N2O2S. The highest BCUT2D eigenvalue weighted by Gasteiger charge is 2.18. The Kier molecular flexibility index (Phi) is 5.94. The number of hydrogen-bond donors (Lipinski definition) is 1. The lowest BCUT2D eigenvalue weighted by Crippen LogP contribution is -2.27. The minimum Gasteiger partial charge on any atom is -0.311 e. The van der Waals surface area contributed by atoms with Gasteiger partial charge in [0.05, 0.1) is 4.92 Å². The van der Waals surface area contributed by atoms with Crippen molar-refractivity contribution in [3.05, 3.63) is 32.7 Å². The molecule has 1 aromatic heterocycles. The fourth-order valence-electron chi connectivity index (χ4n) is 2.83. The topological polar surface area (TPSA) is 55.2 Å². The molecular weight excluding hydrogens is 284 g/mol. The second-order valence-corrected chi connectivity index (χ2v) is 6.95. The van der Waals surface area contributed by atoms with Gasteiger partial charge in [-0.2, -0.15) is 0 Å². The van der Waals surface area contributed by atoms with Gasteiger partial charge in [-0.3, -0.25) is 10.1 Å². The zero-order chi connectivity index (χ0) is 15.2. The van der Waals surface area contributed by atoms with Crippen LogP contribution in [0.5, 0.6) is 0 Å². The highest BCUT2D eigenvalue weighted by molar-refractivity contribution is 7.13. The standard InChI is InChI=1S/C16H24N2O2S/c1-12(2)17-10-15(14-6-4-3-5-7-14)8-13-9-16(18(19)20)21-11-13/h8-9,11-12,14,17H,3-7,10H2,1-2H3. The minimum absolute atomic E-state index is 0.223. The van der Waals surface area contributed by atoms with Crippen molar-refractivity contribution < 1.29 is 4.92 Å². The first-order valence-corrected chi connectivity index (χ1v) is 8.61. The van der Waals surface area contributed by atoms with E-state index < -0.39 is 0 Å². The van der Waals surface area contributed by atoms with Crippen molar-refractivity contribution in [2.24, 2.45) is 5.92 Å². The van der Waals surface area contributed by atoms with Gasteiger partial charge in [-0.05, 0) is 24.3 Å². The lowest BCUT2D eigenvalue weighted by Gasteiger charge is -2.25. The van der Waals surface area contributed by atoms with Gasteiger partial charge >= 0.3 is 5.00 Å². The van der Waals surface area contributed by atoms with Crippen LogP contribution in [-0.2, 0) is 0 Å². The smallest absolute Gasteiger partial charge is 0.311 e. The first-order valence-electron chi connectivity index (χ1n) is 7.73. The van der Waals surface area contributed by atoms with Crippen LogP contribution >= 0.6 is 11.3 Å². The lowest BCUT2D eigenvalue weighted by atomic mass is 9.83. The summed E-state index contributed by atoms with van der Waals surface area (Å²) in [6.07, 6.45) is 8.59. The van der Waals surface area contributed by atoms with Gasteiger partial charge in [0, 0.05) is 24.0 Å². The van der Waals surface area contributed by atoms with Gasteiger partial charge in [-0.15, -0.1) is 0 Å². The Balaban J connectivity index is 2.15. The second-order valence-electron chi connectivity index (χ2n) is 6.07. The third kappa shape index (κ3) is 4.93. The number of thiophene rings is 1. The second kappa shape index (κ2) is 7.71. The van der Waals surface area contributed by atoms with Gasteiger partial charge in [-0.1, -0.05) is 56.1 Å². The molecule has 1 fully saturated rings. The van der Waals surface area contributed by atoms with Crippen LogP contribution in [0.1, 0.15) is 51.5 Å². The fourth-order valence-corrected chi connectivity index (χ4v) is 3.52. The summed E-state index contributed by atoms with van der Waals surface area (Å²) in [6.45, 7) is 5.17. The van der Waals surface area contributed by atoms with E-state index in [9.17, 15) is 10.1 Å². The first-order chi connectivity index (χ1) is 10.1. The van der Waals surface area contributed by atoms with E-state index in [1.54, 1.807) is 6.07 Å². The van der Waals surface area contributed by atoms with Crippen LogP contribution in [0.4, 0.5) is 5.00 Å². The molecule has 1 saturated carbocycles. The Morgan fingerprint density at radius 1 is 1.48 bits per heavy atom. The zero-order valence-corrected chi connectivity index (χ0v) is 13.6. The molecule has 116 valence electrons. The van der Waals surface area contributed by atoms with Gasteiger partial charge in [0.2, 0.25) is 0 Å². The molecule has 0 amide bonds. The van der Waals surface area contributed by atoms with E-state index in [1.165, 1.54) is 49.0 Å². The van der Waals surface area contributed by atoms with Crippen LogP contribution < -0.4 is 5.32 Å². The van der Waals surface area contributed by atoms with Gasteiger partial charge in [0.25, 0.3) is 0 Å². The number of nitrogens with one attached hydrogen (secondary N) is 1. The van der Waals surface area contributed by atoms with E-state index in [2.05, 4.69) is 25.2 Å². The molecule has 0 aromatic carbocycles. The van der Waals surface area contributed by atoms with E-state index in [0.29, 0.717) is 12.0 Å². The molecule has 1 aromatic rings. The molecule has 1 aliphatic carbocycles. The van der Waals surface area contributed by atoms with Crippen LogP contribution in [0.3, 0.4) is 0 Å². The maximum atomic E-state index is 10.8. The van der Waals surface area contributed by atoms with Crippen molar-refractivity contribution in [3.63, 3.8) is 0 Å². The number of nitro groups is 1. The summed E-state index contributed by atoms with van der Waals surface area (Å²) in [7, 11) is 0. The summed E-state index contributed by atoms with van der Waals surface area (Å²) in [6, 6.07) is 2.14. The molecule has 1 aliphatic rings. The monoisotopic (exact) mass is 308 g/mol. The van der Waals surface area contributed by atoms with Crippen molar-refractivity contribution in [1.29, 1.82) is 0 Å². The Hall–Kier alpha value is -1.20. The van der Waals surface area contributed by atoms with Crippen LogP contribution in [0.25, 0.3) is 6.08 Å². The first kappa shape index (κ1) is 16.2. The number of nitrogens with zero attached hydrogens (tertiary/aromatic N) is 1. The molecule has 0 spiro atoms. The maximum Gasteiger partial charge on any atom is 0.324 e. The van der Waals surface area contributed by atoms with Crippen molar-refractivity contribution in [2.75, 3.05) is 6.54 Å². The summed E-state index contributed by atoms with van der Waals surface area (Å²) in [5.74, 6) is 0.629. The number of hydrogen-bond acceptors (Lipinski definition) is 4. The van der Waals surface area contributed by atoms with Crippen LogP contribution in [0.15, 0.2) is 17.0 Å². The molecule has 0 radical (unpaired) electrons. The van der Waals surface area contributed by atoms with E-state index in [4.69, 9.17) is 0 Å². The summed E-state index contributed by atoms with van der Waals surface area (Å²) in [4.78, 5) is 10.5. The molecule has 0 atom stereocenters. The molecule has 4 nitrogen and oxygen atoms in total. The molecule has 0 bridgehead atoms. The summed E-state index contributed by atoms with van der Waals surface area (Å²) < 4.78 is 0. The SMILES string of the molecule is CC(C)NCC(=Cc1csc([N+](=O)[O-])c1)C1CCCCC1. The molecule has 1 N–H and O–H groups in total. The lowest BCUT2D eigenvalue weighted by molar-refractivity contribution is -0.380. The molecule has 0 unspecified atom stereocenters. The van der Waals surface area contributed by atoms with E-state index in [0.717, 1.165) is 12.1 Å². The van der Waals surface area contributed by atoms with Crippen LogP contribution in [0, 0.1) is 16.0 Å². The van der Waals surface area contributed by atoms with Crippen molar-refractivity contribution in [1.82, 2.24) is 5.32 Å². The Bertz CT molecular complexity index is 502. The van der Waals surface area contributed by atoms with Crippen molar-refractivity contribution in [3.8, 4) is 0 Å². The van der Waals surface area contributed by atoms with E-state index >= 15 is 0 Å². The average molecular weight is 308 g/mol.